The van der Waals surface area contributed by atoms with Gasteiger partial charge in [-0.1, -0.05) is 0 Å². The Balaban J connectivity index is 1.60. The second kappa shape index (κ2) is 5.80. The summed E-state index contributed by atoms with van der Waals surface area (Å²) in [5, 5.41) is 9.16. The number of aliphatic hydroxyl groups is 1. The molecule has 4 heteroatoms. The van der Waals surface area contributed by atoms with Crippen molar-refractivity contribution in [3.05, 3.63) is 0 Å². The Kier molecular flexibility index (Phi) is 4.38. The first-order valence-electron chi connectivity index (χ1n) is 5.98. The summed E-state index contributed by atoms with van der Waals surface area (Å²) >= 11 is 0. The molecule has 2 heterocycles. The van der Waals surface area contributed by atoms with Gasteiger partial charge in [0.15, 0.2) is 6.29 Å². The number of likely N-dealkylation sites (tertiary alicyclic amines) is 1. The van der Waals surface area contributed by atoms with Crippen LogP contribution in [0.5, 0.6) is 0 Å². The van der Waals surface area contributed by atoms with Gasteiger partial charge in [-0.2, -0.15) is 0 Å². The fourth-order valence-electron chi connectivity index (χ4n) is 2.43. The highest BCUT2D eigenvalue weighted by Gasteiger charge is 2.23. The van der Waals surface area contributed by atoms with E-state index >= 15 is 0 Å². The zero-order chi connectivity index (χ0) is 10.5. The topological polar surface area (TPSA) is 41.9 Å². The van der Waals surface area contributed by atoms with Gasteiger partial charge in [0.25, 0.3) is 0 Å². The van der Waals surface area contributed by atoms with Crippen molar-refractivity contribution in [1.29, 1.82) is 0 Å². The van der Waals surface area contributed by atoms with Crippen LogP contribution in [0.3, 0.4) is 0 Å². The third-order valence-corrected chi connectivity index (χ3v) is 3.29. The van der Waals surface area contributed by atoms with Gasteiger partial charge in [0.1, 0.15) is 0 Å². The van der Waals surface area contributed by atoms with E-state index in [-0.39, 0.29) is 6.29 Å². The van der Waals surface area contributed by atoms with Gasteiger partial charge in [0, 0.05) is 6.04 Å². The van der Waals surface area contributed by atoms with Gasteiger partial charge < -0.3 is 14.6 Å². The standard InChI is InChI=1S/C11H21NO3/c13-9-10-3-1-5-12(10)6-2-4-11-14-7-8-15-11/h10-11,13H,1-9H2/t10-/m0/s1. The Bertz CT molecular complexity index is 183. The van der Waals surface area contributed by atoms with E-state index in [9.17, 15) is 0 Å². The molecule has 2 fully saturated rings. The summed E-state index contributed by atoms with van der Waals surface area (Å²) in [4.78, 5) is 2.38. The van der Waals surface area contributed by atoms with E-state index in [1.54, 1.807) is 0 Å². The fraction of sp³-hybridized carbons (Fsp3) is 1.00. The SMILES string of the molecule is OC[C@@H]1CCCN1CCCC1OCCO1. The third-order valence-electron chi connectivity index (χ3n) is 3.29. The molecule has 88 valence electrons. The van der Waals surface area contributed by atoms with Gasteiger partial charge in [-0.15, -0.1) is 0 Å². The molecule has 0 bridgehead atoms. The highest BCUT2D eigenvalue weighted by molar-refractivity contribution is 4.78. The van der Waals surface area contributed by atoms with Crippen LogP contribution in [0.1, 0.15) is 25.7 Å². The van der Waals surface area contributed by atoms with Crippen LogP contribution in [0.4, 0.5) is 0 Å². The molecule has 1 atom stereocenters. The minimum atomic E-state index is 0.0279. The molecule has 1 N–H and O–H groups in total. The Morgan fingerprint density at radius 1 is 1.27 bits per heavy atom. The molecular weight excluding hydrogens is 194 g/mol. The molecule has 4 nitrogen and oxygen atoms in total. The molecule has 15 heavy (non-hydrogen) atoms. The van der Waals surface area contributed by atoms with E-state index in [2.05, 4.69) is 4.90 Å². The molecule has 0 aromatic rings. The number of nitrogens with zero attached hydrogens (tertiary/aromatic N) is 1. The van der Waals surface area contributed by atoms with Crippen molar-refractivity contribution in [3.8, 4) is 0 Å². The average Bonchev–Trinajstić information content (AvgIpc) is 2.88. The largest absolute Gasteiger partial charge is 0.395 e. The third kappa shape index (κ3) is 3.14. The lowest BCUT2D eigenvalue weighted by molar-refractivity contribution is -0.0491. The van der Waals surface area contributed by atoms with Gasteiger partial charge in [-0.25, -0.2) is 0 Å². The molecule has 0 amide bonds. The Labute approximate surface area is 91.2 Å². The van der Waals surface area contributed by atoms with Crippen LogP contribution in [-0.4, -0.2) is 55.2 Å². The maximum absolute atomic E-state index is 9.16. The van der Waals surface area contributed by atoms with Crippen molar-refractivity contribution in [2.45, 2.75) is 38.0 Å². The van der Waals surface area contributed by atoms with Crippen LogP contribution in [0.25, 0.3) is 0 Å². The zero-order valence-corrected chi connectivity index (χ0v) is 9.23. The fourth-order valence-corrected chi connectivity index (χ4v) is 2.43. The van der Waals surface area contributed by atoms with E-state index in [0.29, 0.717) is 12.6 Å². The first-order valence-corrected chi connectivity index (χ1v) is 5.98. The monoisotopic (exact) mass is 215 g/mol. The van der Waals surface area contributed by atoms with Crippen LogP contribution in [0.15, 0.2) is 0 Å². The summed E-state index contributed by atoms with van der Waals surface area (Å²) in [7, 11) is 0. The van der Waals surface area contributed by atoms with Crippen LogP contribution >= 0.6 is 0 Å². The molecule has 0 radical (unpaired) electrons. The van der Waals surface area contributed by atoms with E-state index in [1.165, 1.54) is 6.42 Å². The minimum Gasteiger partial charge on any atom is -0.395 e. The van der Waals surface area contributed by atoms with Crippen molar-refractivity contribution < 1.29 is 14.6 Å². The molecule has 2 rings (SSSR count). The van der Waals surface area contributed by atoms with E-state index in [4.69, 9.17) is 14.6 Å². The number of rotatable bonds is 5. The molecule has 0 unspecified atom stereocenters. The van der Waals surface area contributed by atoms with E-state index in [0.717, 1.165) is 45.6 Å². The van der Waals surface area contributed by atoms with Crippen LogP contribution in [0.2, 0.25) is 0 Å². The van der Waals surface area contributed by atoms with Gasteiger partial charge in [0.2, 0.25) is 0 Å². The molecule has 0 saturated carbocycles. The molecule has 2 saturated heterocycles. The van der Waals surface area contributed by atoms with Crippen LogP contribution < -0.4 is 0 Å². The molecule has 0 aliphatic carbocycles. The summed E-state index contributed by atoms with van der Waals surface area (Å²) < 4.78 is 10.8. The lowest BCUT2D eigenvalue weighted by Crippen LogP contribution is -2.33. The van der Waals surface area contributed by atoms with Crippen molar-refractivity contribution >= 4 is 0 Å². The normalized spacial score (nSPS) is 29.0. The molecule has 0 aromatic heterocycles. The molecule has 2 aliphatic rings. The number of ether oxygens (including phenoxy) is 2. The summed E-state index contributed by atoms with van der Waals surface area (Å²) in [5.74, 6) is 0. The van der Waals surface area contributed by atoms with Crippen molar-refractivity contribution in [3.63, 3.8) is 0 Å². The van der Waals surface area contributed by atoms with Gasteiger partial charge >= 0.3 is 0 Å². The minimum absolute atomic E-state index is 0.0279. The van der Waals surface area contributed by atoms with Gasteiger partial charge in [-0.3, -0.25) is 4.90 Å². The molecule has 2 aliphatic heterocycles. The lowest BCUT2D eigenvalue weighted by atomic mass is 10.2. The molecule has 0 spiro atoms. The smallest absolute Gasteiger partial charge is 0.157 e. The molecular formula is C11H21NO3. The average molecular weight is 215 g/mol. The van der Waals surface area contributed by atoms with E-state index in [1.807, 2.05) is 0 Å². The lowest BCUT2D eigenvalue weighted by Gasteiger charge is -2.22. The van der Waals surface area contributed by atoms with Crippen molar-refractivity contribution in [2.75, 3.05) is 32.9 Å². The van der Waals surface area contributed by atoms with E-state index < -0.39 is 0 Å². The Morgan fingerprint density at radius 3 is 2.80 bits per heavy atom. The summed E-state index contributed by atoms with van der Waals surface area (Å²) in [6.45, 7) is 3.99. The predicted molar refractivity (Wildman–Crippen MR) is 56.6 cm³/mol. The van der Waals surface area contributed by atoms with Crippen LogP contribution in [0, 0.1) is 0 Å². The maximum Gasteiger partial charge on any atom is 0.157 e. The number of hydrogen-bond donors (Lipinski definition) is 1. The van der Waals surface area contributed by atoms with Gasteiger partial charge in [-0.05, 0) is 38.8 Å². The summed E-state index contributed by atoms with van der Waals surface area (Å²) in [6, 6.07) is 0.399. The highest BCUT2D eigenvalue weighted by Crippen LogP contribution is 2.18. The second-order valence-corrected chi connectivity index (χ2v) is 4.33. The quantitative estimate of drug-likeness (QED) is 0.729. The van der Waals surface area contributed by atoms with Crippen molar-refractivity contribution in [1.82, 2.24) is 4.90 Å². The first kappa shape index (κ1) is 11.3. The summed E-state index contributed by atoms with van der Waals surface area (Å²) in [6.07, 6.45) is 4.48. The summed E-state index contributed by atoms with van der Waals surface area (Å²) in [5.41, 5.74) is 0. The highest BCUT2D eigenvalue weighted by atomic mass is 16.7. The first-order chi connectivity index (χ1) is 7.40. The number of aliphatic hydroxyl groups excluding tert-OH is 1. The second-order valence-electron chi connectivity index (χ2n) is 4.33. The number of hydrogen-bond acceptors (Lipinski definition) is 4. The van der Waals surface area contributed by atoms with Gasteiger partial charge in [0.05, 0.1) is 19.8 Å². The Morgan fingerprint density at radius 2 is 2.07 bits per heavy atom. The Hall–Kier alpha value is -0.160. The molecule has 0 aromatic carbocycles. The van der Waals surface area contributed by atoms with Crippen LogP contribution in [-0.2, 0) is 9.47 Å². The predicted octanol–water partition coefficient (Wildman–Crippen LogP) is 0.596. The maximum atomic E-state index is 9.16. The zero-order valence-electron chi connectivity index (χ0n) is 9.23. The van der Waals surface area contributed by atoms with Crippen molar-refractivity contribution in [2.24, 2.45) is 0 Å².